The zero-order chi connectivity index (χ0) is 16.8. The van der Waals surface area contributed by atoms with Gasteiger partial charge in [0.05, 0.1) is 13.2 Å². The predicted octanol–water partition coefficient (Wildman–Crippen LogP) is 1.25. The van der Waals surface area contributed by atoms with Gasteiger partial charge in [0.1, 0.15) is 17.8 Å². The summed E-state index contributed by atoms with van der Waals surface area (Å²) < 4.78 is 5.35. The fraction of sp³-hybridized carbons (Fsp3) is 0.438. The van der Waals surface area contributed by atoms with Crippen LogP contribution in [0.5, 0.6) is 0 Å². The van der Waals surface area contributed by atoms with Crippen molar-refractivity contribution in [2.75, 3.05) is 55.8 Å². The SMILES string of the molecule is Cc1cccc(Nc2ncnc(NCCN3CCOCC3)c2N)n1. The van der Waals surface area contributed by atoms with Gasteiger partial charge in [0.2, 0.25) is 0 Å². The van der Waals surface area contributed by atoms with Gasteiger partial charge in [-0.05, 0) is 19.1 Å². The van der Waals surface area contributed by atoms with Gasteiger partial charge in [-0.2, -0.15) is 0 Å². The molecule has 2 aromatic rings. The van der Waals surface area contributed by atoms with Crippen LogP contribution in [0.3, 0.4) is 0 Å². The van der Waals surface area contributed by atoms with E-state index < -0.39 is 0 Å². The first-order chi connectivity index (χ1) is 11.7. The number of hydrogen-bond acceptors (Lipinski definition) is 8. The van der Waals surface area contributed by atoms with Crippen LogP contribution in [-0.4, -0.2) is 59.2 Å². The average molecular weight is 329 g/mol. The van der Waals surface area contributed by atoms with Crippen LogP contribution < -0.4 is 16.4 Å². The molecule has 1 aliphatic rings. The van der Waals surface area contributed by atoms with Crippen molar-refractivity contribution in [2.24, 2.45) is 0 Å². The summed E-state index contributed by atoms with van der Waals surface area (Å²) in [6, 6.07) is 5.75. The predicted molar refractivity (Wildman–Crippen MR) is 94.4 cm³/mol. The lowest BCUT2D eigenvalue weighted by Gasteiger charge is -2.26. The molecule has 4 N–H and O–H groups in total. The minimum absolute atomic E-state index is 0.489. The van der Waals surface area contributed by atoms with Crippen LogP contribution in [0.1, 0.15) is 5.69 Å². The van der Waals surface area contributed by atoms with E-state index in [9.17, 15) is 0 Å². The molecule has 1 saturated heterocycles. The Labute approximate surface area is 141 Å². The van der Waals surface area contributed by atoms with Gasteiger partial charge in [0.25, 0.3) is 0 Å². The van der Waals surface area contributed by atoms with Gasteiger partial charge < -0.3 is 21.1 Å². The zero-order valence-corrected chi connectivity index (χ0v) is 13.8. The molecule has 3 rings (SSSR count). The van der Waals surface area contributed by atoms with Gasteiger partial charge in [0, 0.05) is 31.9 Å². The molecule has 0 amide bonds. The van der Waals surface area contributed by atoms with Crippen molar-refractivity contribution in [3.05, 3.63) is 30.2 Å². The third-order valence-electron chi connectivity index (χ3n) is 3.84. The van der Waals surface area contributed by atoms with Crippen molar-refractivity contribution in [3.63, 3.8) is 0 Å². The topological polar surface area (TPSA) is 101 Å². The van der Waals surface area contributed by atoms with Crippen molar-refractivity contribution in [1.82, 2.24) is 19.9 Å². The van der Waals surface area contributed by atoms with Gasteiger partial charge in [0.15, 0.2) is 11.6 Å². The second-order valence-corrected chi connectivity index (χ2v) is 5.65. The molecule has 0 radical (unpaired) electrons. The Hall–Kier alpha value is -2.45. The molecule has 2 aromatic heterocycles. The molecule has 0 bridgehead atoms. The Bertz CT molecular complexity index is 673. The number of hydrogen-bond donors (Lipinski definition) is 3. The Balaban J connectivity index is 1.60. The van der Waals surface area contributed by atoms with Gasteiger partial charge in [-0.25, -0.2) is 15.0 Å². The van der Waals surface area contributed by atoms with Crippen molar-refractivity contribution in [3.8, 4) is 0 Å². The van der Waals surface area contributed by atoms with Gasteiger partial charge in [-0.1, -0.05) is 6.07 Å². The number of rotatable bonds is 6. The monoisotopic (exact) mass is 329 g/mol. The summed E-state index contributed by atoms with van der Waals surface area (Å²) >= 11 is 0. The van der Waals surface area contributed by atoms with E-state index in [1.165, 1.54) is 6.33 Å². The second-order valence-electron chi connectivity index (χ2n) is 5.65. The molecule has 128 valence electrons. The standard InChI is InChI=1S/C16H23N7O/c1-12-3-2-4-13(21-12)22-16-14(17)15(19-11-20-16)18-5-6-23-7-9-24-10-8-23/h2-4,11H,5-10,17H2,1H3,(H2,18,19,20,21,22). The van der Waals surface area contributed by atoms with E-state index in [4.69, 9.17) is 10.5 Å². The summed E-state index contributed by atoms with van der Waals surface area (Å²) in [5, 5.41) is 6.42. The number of nitrogens with zero attached hydrogens (tertiary/aromatic N) is 4. The van der Waals surface area contributed by atoms with Crippen molar-refractivity contribution in [1.29, 1.82) is 0 Å². The van der Waals surface area contributed by atoms with Crippen LogP contribution in [0.4, 0.5) is 23.1 Å². The molecular formula is C16H23N7O. The van der Waals surface area contributed by atoms with E-state index in [2.05, 4.69) is 30.5 Å². The molecule has 0 aliphatic carbocycles. The molecule has 8 heteroatoms. The fourth-order valence-electron chi connectivity index (χ4n) is 2.53. The fourth-order valence-corrected chi connectivity index (χ4v) is 2.53. The summed E-state index contributed by atoms with van der Waals surface area (Å²) in [4.78, 5) is 15.2. The highest BCUT2D eigenvalue weighted by Gasteiger charge is 2.11. The number of anilines is 4. The lowest BCUT2D eigenvalue weighted by Crippen LogP contribution is -2.39. The van der Waals surface area contributed by atoms with E-state index in [0.717, 1.165) is 45.1 Å². The number of ether oxygens (including phenoxy) is 1. The summed E-state index contributed by atoms with van der Waals surface area (Å²) in [5.74, 6) is 1.89. The highest BCUT2D eigenvalue weighted by Crippen LogP contribution is 2.24. The smallest absolute Gasteiger partial charge is 0.160 e. The Morgan fingerprint density at radius 1 is 1.21 bits per heavy atom. The largest absolute Gasteiger partial charge is 0.393 e. The quantitative estimate of drug-likeness (QED) is 0.728. The third kappa shape index (κ3) is 4.30. The van der Waals surface area contributed by atoms with Gasteiger partial charge in [-0.3, -0.25) is 4.90 Å². The molecule has 0 spiro atoms. The average Bonchev–Trinajstić information content (AvgIpc) is 2.59. The number of aromatic nitrogens is 3. The van der Waals surface area contributed by atoms with E-state index >= 15 is 0 Å². The summed E-state index contributed by atoms with van der Waals surface area (Å²) in [7, 11) is 0. The number of nitrogen functional groups attached to an aromatic ring is 1. The Morgan fingerprint density at radius 2 is 2.00 bits per heavy atom. The maximum atomic E-state index is 6.18. The Kier molecular flexibility index (Phi) is 5.39. The first-order valence-corrected chi connectivity index (χ1v) is 8.07. The minimum Gasteiger partial charge on any atom is -0.393 e. The minimum atomic E-state index is 0.489. The number of aryl methyl sites for hydroxylation is 1. The Morgan fingerprint density at radius 3 is 2.79 bits per heavy atom. The molecule has 0 aromatic carbocycles. The number of nitrogens with one attached hydrogen (secondary N) is 2. The molecule has 0 atom stereocenters. The van der Waals surface area contributed by atoms with Crippen LogP contribution in [0.2, 0.25) is 0 Å². The van der Waals surface area contributed by atoms with Crippen LogP contribution in [0, 0.1) is 6.92 Å². The third-order valence-corrected chi connectivity index (χ3v) is 3.84. The number of morpholine rings is 1. The second kappa shape index (κ2) is 7.89. The van der Waals surface area contributed by atoms with E-state index in [1.54, 1.807) is 0 Å². The molecule has 1 fully saturated rings. The molecule has 0 saturated carbocycles. The molecule has 24 heavy (non-hydrogen) atoms. The molecular weight excluding hydrogens is 306 g/mol. The van der Waals surface area contributed by atoms with Crippen LogP contribution in [0.15, 0.2) is 24.5 Å². The summed E-state index contributed by atoms with van der Waals surface area (Å²) in [6.07, 6.45) is 1.49. The normalized spacial score (nSPS) is 15.2. The number of nitrogens with two attached hydrogens (primary N) is 1. The highest BCUT2D eigenvalue weighted by molar-refractivity contribution is 5.76. The lowest BCUT2D eigenvalue weighted by atomic mass is 10.3. The maximum Gasteiger partial charge on any atom is 0.160 e. The molecule has 0 unspecified atom stereocenters. The molecule has 3 heterocycles. The molecule has 1 aliphatic heterocycles. The maximum absolute atomic E-state index is 6.18. The van der Waals surface area contributed by atoms with Crippen molar-refractivity contribution >= 4 is 23.1 Å². The van der Waals surface area contributed by atoms with E-state index in [-0.39, 0.29) is 0 Å². The lowest BCUT2D eigenvalue weighted by molar-refractivity contribution is 0.0398. The summed E-state index contributed by atoms with van der Waals surface area (Å²) in [5.41, 5.74) is 7.59. The van der Waals surface area contributed by atoms with E-state index in [0.29, 0.717) is 23.1 Å². The van der Waals surface area contributed by atoms with Gasteiger partial charge in [-0.15, -0.1) is 0 Å². The molecule has 8 nitrogen and oxygen atoms in total. The number of pyridine rings is 1. The first-order valence-electron chi connectivity index (χ1n) is 8.07. The van der Waals surface area contributed by atoms with E-state index in [1.807, 2.05) is 25.1 Å². The highest BCUT2D eigenvalue weighted by atomic mass is 16.5. The van der Waals surface area contributed by atoms with Crippen LogP contribution in [0.25, 0.3) is 0 Å². The first kappa shape index (κ1) is 16.4. The van der Waals surface area contributed by atoms with Crippen LogP contribution >= 0.6 is 0 Å². The van der Waals surface area contributed by atoms with Crippen LogP contribution in [-0.2, 0) is 4.74 Å². The summed E-state index contributed by atoms with van der Waals surface area (Å²) in [6.45, 7) is 7.16. The zero-order valence-electron chi connectivity index (χ0n) is 13.8. The van der Waals surface area contributed by atoms with Crippen molar-refractivity contribution in [2.45, 2.75) is 6.92 Å². The van der Waals surface area contributed by atoms with Crippen molar-refractivity contribution < 1.29 is 4.74 Å². The van der Waals surface area contributed by atoms with Gasteiger partial charge >= 0.3 is 0 Å².